The molecule has 5 rings (SSSR count). The fraction of sp³-hybridized carbons (Fsp3) is 0.138. The number of hydrogen-bond donors (Lipinski definition) is 0. The van der Waals surface area contributed by atoms with Crippen LogP contribution in [0.1, 0.15) is 43.0 Å². The SMILES string of the molecule is CCC(C)c1cnc2c(N=C(c3ccccc3)c3ccccc3)cc(-c3cncc(F)c3)cn12. The molecule has 0 aliphatic carbocycles. The van der Waals surface area contributed by atoms with Crippen LogP contribution in [-0.2, 0) is 0 Å². The van der Waals surface area contributed by atoms with Gasteiger partial charge >= 0.3 is 0 Å². The van der Waals surface area contributed by atoms with E-state index in [-0.39, 0.29) is 5.82 Å². The van der Waals surface area contributed by atoms with Crippen LogP contribution in [-0.4, -0.2) is 20.1 Å². The first-order valence-electron chi connectivity index (χ1n) is 11.5. The van der Waals surface area contributed by atoms with Crippen LogP contribution in [0.3, 0.4) is 0 Å². The number of aliphatic imine (C=N–C) groups is 1. The highest BCUT2D eigenvalue weighted by molar-refractivity contribution is 6.14. The Morgan fingerprint density at radius 2 is 1.59 bits per heavy atom. The molecule has 5 aromatic rings. The summed E-state index contributed by atoms with van der Waals surface area (Å²) in [4.78, 5) is 14.0. The highest BCUT2D eigenvalue weighted by Gasteiger charge is 2.16. The summed E-state index contributed by atoms with van der Waals surface area (Å²) in [6.45, 7) is 4.34. The minimum Gasteiger partial charge on any atom is -0.301 e. The van der Waals surface area contributed by atoms with E-state index in [1.165, 1.54) is 12.3 Å². The van der Waals surface area contributed by atoms with Crippen molar-refractivity contribution in [2.45, 2.75) is 26.2 Å². The zero-order chi connectivity index (χ0) is 23.5. The molecule has 5 heteroatoms. The Kier molecular flexibility index (Phi) is 6.00. The quantitative estimate of drug-likeness (QED) is 0.257. The van der Waals surface area contributed by atoms with Gasteiger partial charge in [0.2, 0.25) is 0 Å². The normalized spacial score (nSPS) is 12.0. The summed E-state index contributed by atoms with van der Waals surface area (Å²) in [6, 6.07) is 23.7. The molecule has 0 aliphatic rings. The van der Waals surface area contributed by atoms with Gasteiger partial charge < -0.3 is 4.40 Å². The second-order valence-corrected chi connectivity index (χ2v) is 8.38. The van der Waals surface area contributed by atoms with Crippen LogP contribution in [0.25, 0.3) is 16.8 Å². The molecule has 0 spiro atoms. The van der Waals surface area contributed by atoms with Gasteiger partial charge in [-0.1, -0.05) is 74.5 Å². The fourth-order valence-corrected chi connectivity index (χ4v) is 4.08. The highest BCUT2D eigenvalue weighted by Crippen LogP contribution is 2.32. The van der Waals surface area contributed by atoms with Gasteiger partial charge in [-0.25, -0.2) is 14.4 Å². The van der Waals surface area contributed by atoms with Crippen molar-refractivity contribution in [3.8, 4) is 11.1 Å². The highest BCUT2D eigenvalue weighted by atomic mass is 19.1. The third kappa shape index (κ3) is 4.25. The summed E-state index contributed by atoms with van der Waals surface area (Å²) in [5, 5.41) is 0. The Hall–Kier alpha value is -4.12. The minimum absolute atomic E-state index is 0.315. The van der Waals surface area contributed by atoms with Crippen molar-refractivity contribution in [2.24, 2.45) is 4.99 Å². The van der Waals surface area contributed by atoms with Crippen molar-refractivity contribution in [2.75, 3.05) is 0 Å². The molecule has 0 fully saturated rings. The molecule has 0 saturated heterocycles. The Morgan fingerprint density at radius 3 is 2.21 bits per heavy atom. The molecule has 34 heavy (non-hydrogen) atoms. The molecule has 2 aromatic carbocycles. The molecular formula is C29H25FN4. The monoisotopic (exact) mass is 448 g/mol. The van der Waals surface area contributed by atoms with E-state index >= 15 is 0 Å². The van der Waals surface area contributed by atoms with E-state index in [1.54, 1.807) is 6.20 Å². The second-order valence-electron chi connectivity index (χ2n) is 8.38. The zero-order valence-corrected chi connectivity index (χ0v) is 19.2. The van der Waals surface area contributed by atoms with Crippen LogP contribution in [0.5, 0.6) is 0 Å². The predicted octanol–water partition coefficient (Wildman–Crippen LogP) is 7.22. The van der Waals surface area contributed by atoms with E-state index in [9.17, 15) is 4.39 Å². The zero-order valence-electron chi connectivity index (χ0n) is 19.2. The number of rotatable bonds is 6. The average Bonchev–Trinajstić information content (AvgIpc) is 3.32. The van der Waals surface area contributed by atoms with Gasteiger partial charge in [0.05, 0.1) is 11.9 Å². The topological polar surface area (TPSA) is 42.5 Å². The van der Waals surface area contributed by atoms with Crippen molar-refractivity contribution in [1.29, 1.82) is 0 Å². The van der Waals surface area contributed by atoms with Gasteiger partial charge in [-0.3, -0.25) is 4.98 Å². The molecule has 0 saturated carbocycles. The first-order chi connectivity index (χ1) is 16.6. The second kappa shape index (κ2) is 9.40. The molecule has 0 N–H and O–H groups in total. The summed E-state index contributed by atoms with van der Waals surface area (Å²) < 4.78 is 16.1. The molecular weight excluding hydrogens is 423 g/mol. The molecule has 3 aromatic heterocycles. The van der Waals surface area contributed by atoms with Gasteiger partial charge in [-0.2, -0.15) is 0 Å². The lowest BCUT2D eigenvalue weighted by atomic mass is 10.0. The smallest absolute Gasteiger partial charge is 0.163 e. The maximum Gasteiger partial charge on any atom is 0.163 e. The number of aromatic nitrogens is 3. The number of nitrogens with zero attached hydrogens (tertiary/aromatic N) is 4. The number of halogens is 1. The predicted molar refractivity (Wildman–Crippen MR) is 135 cm³/mol. The van der Waals surface area contributed by atoms with Crippen LogP contribution in [0.4, 0.5) is 10.1 Å². The van der Waals surface area contributed by atoms with E-state index in [4.69, 9.17) is 9.98 Å². The molecule has 3 heterocycles. The molecule has 0 amide bonds. The lowest BCUT2D eigenvalue weighted by Gasteiger charge is -2.13. The van der Waals surface area contributed by atoms with E-state index in [0.29, 0.717) is 11.5 Å². The van der Waals surface area contributed by atoms with Crippen LogP contribution >= 0.6 is 0 Å². The molecule has 1 atom stereocenters. The van der Waals surface area contributed by atoms with Crippen molar-refractivity contribution >= 4 is 17.0 Å². The first-order valence-corrected chi connectivity index (χ1v) is 11.5. The number of benzene rings is 2. The summed E-state index contributed by atoms with van der Waals surface area (Å²) in [6.07, 6.45) is 7.79. The van der Waals surface area contributed by atoms with Crippen molar-refractivity contribution in [1.82, 2.24) is 14.4 Å². The van der Waals surface area contributed by atoms with Crippen molar-refractivity contribution in [3.05, 3.63) is 120 Å². The molecule has 168 valence electrons. The van der Waals surface area contributed by atoms with Crippen molar-refractivity contribution < 1.29 is 4.39 Å². The Labute approximate surface area is 198 Å². The molecule has 0 bridgehead atoms. The van der Waals surface area contributed by atoms with Gasteiger partial charge in [0.1, 0.15) is 11.5 Å². The van der Waals surface area contributed by atoms with Gasteiger partial charge in [-0.05, 0) is 24.5 Å². The lowest BCUT2D eigenvalue weighted by molar-refractivity contribution is 0.622. The molecule has 0 radical (unpaired) electrons. The molecule has 1 unspecified atom stereocenters. The molecule has 0 aliphatic heterocycles. The minimum atomic E-state index is -0.371. The lowest BCUT2D eigenvalue weighted by Crippen LogP contribution is -2.03. The van der Waals surface area contributed by atoms with E-state index in [0.717, 1.165) is 45.9 Å². The van der Waals surface area contributed by atoms with Gasteiger partial charge in [0.25, 0.3) is 0 Å². The Balaban J connectivity index is 1.79. The van der Waals surface area contributed by atoms with E-state index in [2.05, 4.69) is 47.5 Å². The summed E-state index contributed by atoms with van der Waals surface area (Å²) in [7, 11) is 0. The number of hydrogen-bond acceptors (Lipinski definition) is 3. The van der Waals surface area contributed by atoms with Crippen LogP contribution in [0.2, 0.25) is 0 Å². The van der Waals surface area contributed by atoms with Crippen LogP contribution in [0.15, 0.2) is 103 Å². The standard InChI is InChI=1S/C29H25FN4/c1-3-20(2)27-18-32-29-26(15-24(19-34(27)29)23-14-25(30)17-31-16-23)33-28(21-10-6-4-7-11-21)22-12-8-5-9-13-22/h4-20H,3H2,1-2H3. The summed E-state index contributed by atoms with van der Waals surface area (Å²) in [5.41, 5.74) is 7.00. The third-order valence-electron chi connectivity index (χ3n) is 6.10. The number of fused-ring (bicyclic) bond motifs is 1. The van der Waals surface area contributed by atoms with E-state index < -0.39 is 0 Å². The first kappa shape index (κ1) is 21.7. The number of pyridine rings is 2. The largest absolute Gasteiger partial charge is 0.301 e. The van der Waals surface area contributed by atoms with Gasteiger partial charge in [-0.15, -0.1) is 0 Å². The molecule has 4 nitrogen and oxygen atoms in total. The average molecular weight is 449 g/mol. The van der Waals surface area contributed by atoms with Crippen LogP contribution in [0, 0.1) is 5.82 Å². The number of imidazole rings is 1. The van der Waals surface area contributed by atoms with E-state index in [1.807, 2.05) is 54.9 Å². The maximum atomic E-state index is 14.0. The Bertz CT molecular complexity index is 1410. The Morgan fingerprint density at radius 1 is 0.912 bits per heavy atom. The van der Waals surface area contributed by atoms with Gasteiger partial charge in [0.15, 0.2) is 5.65 Å². The third-order valence-corrected chi connectivity index (χ3v) is 6.10. The van der Waals surface area contributed by atoms with Crippen molar-refractivity contribution in [3.63, 3.8) is 0 Å². The fourth-order valence-electron chi connectivity index (χ4n) is 4.08. The summed E-state index contributed by atoms with van der Waals surface area (Å²) >= 11 is 0. The maximum absolute atomic E-state index is 14.0. The van der Waals surface area contributed by atoms with Crippen LogP contribution < -0.4 is 0 Å². The van der Waals surface area contributed by atoms with Gasteiger partial charge in [0, 0.05) is 46.5 Å². The summed E-state index contributed by atoms with van der Waals surface area (Å²) in [5.74, 6) is -0.0554.